The van der Waals surface area contributed by atoms with Crippen LogP contribution in [0.2, 0.25) is 0 Å². The van der Waals surface area contributed by atoms with Crippen LogP contribution < -0.4 is 10.6 Å². The Morgan fingerprint density at radius 2 is 2.20 bits per heavy atom. The van der Waals surface area contributed by atoms with E-state index in [1.807, 2.05) is 12.1 Å². The van der Waals surface area contributed by atoms with Crippen LogP contribution in [-0.4, -0.2) is 31.7 Å². The molecule has 1 heterocycles. The second-order valence-corrected chi connectivity index (χ2v) is 5.71. The van der Waals surface area contributed by atoms with Crippen LogP contribution in [0.3, 0.4) is 0 Å². The number of fused-ring (bicyclic) bond motifs is 1. The van der Waals surface area contributed by atoms with Gasteiger partial charge in [-0.1, -0.05) is 24.3 Å². The molecule has 0 bridgehead atoms. The summed E-state index contributed by atoms with van der Waals surface area (Å²) in [4.78, 5) is 12.5. The third kappa shape index (κ3) is 2.72. The fraction of sp³-hybridized carbons (Fsp3) is 0.562. The Morgan fingerprint density at radius 3 is 3.00 bits per heavy atom. The zero-order valence-corrected chi connectivity index (χ0v) is 11.9. The summed E-state index contributed by atoms with van der Waals surface area (Å²) >= 11 is 0. The van der Waals surface area contributed by atoms with Crippen LogP contribution in [0.15, 0.2) is 24.3 Å². The Balaban J connectivity index is 1.67. The lowest BCUT2D eigenvalue weighted by molar-refractivity contribution is -0.124. The first-order valence-corrected chi connectivity index (χ1v) is 7.42. The fourth-order valence-electron chi connectivity index (χ4n) is 3.31. The van der Waals surface area contributed by atoms with Gasteiger partial charge in [-0.05, 0) is 36.8 Å². The van der Waals surface area contributed by atoms with E-state index < -0.39 is 0 Å². The van der Waals surface area contributed by atoms with Crippen molar-refractivity contribution in [3.63, 3.8) is 0 Å². The average molecular weight is 274 g/mol. The highest BCUT2D eigenvalue weighted by atomic mass is 16.5. The number of hydrogen-bond acceptors (Lipinski definition) is 3. The molecule has 1 amide bonds. The third-order valence-electron chi connectivity index (χ3n) is 4.44. The van der Waals surface area contributed by atoms with E-state index >= 15 is 0 Å². The van der Waals surface area contributed by atoms with Crippen molar-refractivity contribution in [2.75, 3.05) is 13.7 Å². The lowest BCUT2D eigenvalue weighted by Gasteiger charge is -2.27. The number of ether oxygens (including phenoxy) is 1. The lowest BCUT2D eigenvalue weighted by atomic mass is 9.94. The van der Waals surface area contributed by atoms with Crippen LogP contribution >= 0.6 is 0 Å². The van der Waals surface area contributed by atoms with Crippen LogP contribution in [0.25, 0.3) is 0 Å². The highest BCUT2D eigenvalue weighted by Crippen LogP contribution is 2.25. The van der Waals surface area contributed by atoms with Crippen molar-refractivity contribution in [1.29, 1.82) is 0 Å². The second kappa shape index (κ2) is 5.94. The summed E-state index contributed by atoms with van der Waals surface area (Å²) in [6, 6.07) is 8.26. The number of carbonyl (C=O) groups excluding carboxylic acids is 1. The number of carbonyl (C=O) groups is 1. The average Bonchev–Trinajstić information content (AvgIpc) is 2.94. The van der Waals surface area contributed by atoms with Crippen LogP contribution in [0, 0.1) is 0 Å². The summed E-state index contributed by atoms with van der Waals surface area (Å²) in [6.45, 7) is 0.862. The number of hydrogen-bond donors (Lipinski definition) is 2. The van der Waals surface area contributed by atoms with Crippen molar-refractivity contribution in [2.24, 2.45) is 0 Å². The molecule has 0 aromatic heterocycles. The molecule has 2 aliphatic rings. The predicted molar refractivity (Wildman–Crippen MR) is 77.5 cm³/mol. The Morgan fingerprint density at radius 1 is 1.35 bits per heavy atom. The number of benzene rings is 1. The fourth-order valence-corrected chi connectivity index (χ4v) is 3.31. The Kier molecular flexibility index (Phi) is 4.03. The van der Waals surface area contributed by atoms with Gasteiger partial charge in [0.1, 0.15) is 6.04 Å². The van der Waals surface area contributed by atoms with E-state index in [0.717, 1.165) is 37.8 Å². The maximum atomic E-state index is 12.5. The van der Waals surface area contributed by atoms with E-state index in [9.17, 15) is 4.79 Å². The smallest absolute Gasteiger partial charge is 0.241 e. The predicted octanol–water partition coefficient (Wildman–Crippen LogP) is 1.56. The monoisotopic (exact) mass is 274 g/mol. The number of nitrogens with one attached hydrogen (secondary N) is 2. The van der Waals surface area contributed by atoms with E-state index in [-0.39, 0.29) is 18.0 Å². The Bertz CT molecular complexity index is 489. The summed E-state index contributed by atoms with van der Waals surface area (Å²) in [5.41, 5.74) is 2.41. The van der Waals surface area contributed by atoms with Crippen molar-refractivity contribution in [3.05, 3.63) is 35.4 Å². The molecule has 4 heteroatoms. The first kappa shape index (κ1) is 13.6. The molecule has 3 unspecified atom stereocenters. The summed E-state index contributed by atoms with van der Waals surface area (Å²) in [5, 5.41) is 6.50. The van der Waals surface area contributed by atoms with Crippen molar-refractivity contribution in [3.8, 4) is 0 Å². The van der Waals surface area contributed by atoms with Gasteiger partial charge in [-0.2, -0.15) is 0 Å². The number of methoxy groups -OCH3 is 1. The van der Waals surface area contributed by atoms with Gasteiger partial charge >= 0.3 is 0 Å². The summed E-state index contributed by atoms with van der Waals surface area (Å²) in [5.74, 6) is 0.0962. The van der Waals surface area contributed by atoms with Gasteiger partial charge in [0, 0.05) is 19.7 Å². The van der Waals surface area contributed by atoms with Gasteiger partial charge < -0.3 is 15.4 Å². The second-order valence-electron chi connectivity index (χ2n) is 5.71. The van der Waals surface area contributed by atoms with Crippen molar-refractivity contribution >= 4 is 5.91 Å². The standard InChI is InChI=1S/C16H22N2O2/c1-20-13-7-6-12(10-13)18-16(19)15-14-5-3-2-4-11(14)8-9-17-15/h2-5,12-13,15,17H,6-10H2,1H3,(H,18,19). The molecule has 2 N–H and O–H groups in total. The maximum Gasteiger partial charge on any atom is 0.241 e. The van der Waals surface area contributed by atoms with Crippen LogP contribution in [0.5, 0.6) is 0 Å². The molecule has 0 spiro atoms. The summed E-state index contributed by atoms with van der Waals surface area (Å²) in [7, 11) is 1.74. The molecule has 1 aromatic rings. The van der Waals surface area contributed by atoms with Crippen LogP contribution in [0.1, 0.15) is 36.4 Å². The molecule has 1 aliphatic carbocycles. The van der Waals surface area contributed by atoms with Crippen molar-refractivity contribution in [1.82, 2.24) is 10.6 Å². The van der Waals surface area contributed by atoms with E-state index in [1.54, 1.807) is 7.11 Å². The molecule has 1 fully saturated rings. The molecule has 4 nitrogen and oxygen atoms in total. The van der Waals surface area contributed by atoms with Gasteiger partial charge in [0.05, 0.1) is 6.10 Å². The number of rotatable bonds is 3. The zero-order chi connectivity index (χ0) is 13.9. The summed E-state index contributed by atoms with van der Waals surface area (Å²) in [6.07, 6.45) is 4.27. The molecule has 0 radical (unpaired) electrons. The van der Waals surface area contributed by atoms with Crippen LogP contribution in [-0.2, 0) is 16.0 Å². The van der Waals surface area contributed by atoms with Gasteiger partial charge in [0.15, 0.2) is 0 Å². The quantitative estimate of drug-likeness (QED) is 0.879. The molecule has 20 heavy (non-hydrogen) atoms. The zero-order valence-electron chi connectivity index (χ0n) is 11.9. The Labute approximate surface area is 119 Å². The normalized spacial score (nSPS) is 28.9. The van der Waals surface area contributed by atoms with Gasteiger partial charge in [-0.3, -0.25) is 4.79 Å². The lowest BCUT2D eigenvalue weighted by Crippen LogP contribution is -2.44. The topological polar surface area (TPSA) is 50.4 Å². The van der Waals surface area contributed by atoms with Gasteiger partial charge in [-0.15, -0.1) is 0 Å². The van der Waals surface area contributed by atoms with Gasteiger partial charge in [0.2, 0.25) is 5.91 Å². The van der Waals surface area contributed by atoms with Crippen molar-refractivity contribution in [2.45, 2.75) is 43.9 Å². The molecule has 1 aromatic carbocycles. The Hall–Kier alpha value is -1.39. The maximum absolute atomic E-state index is 12.5. The molecule has 1 aliphatic heterocycles. The minimum atomic E-state index is -0.207. The SMILES string of the molecule is COC1CCC(NC(=O)C2NCCc3ccccc32)C1. The molecule has 0 saturated heterocycles. The highest BCUT2D eigenvalue weighted by Gasteiger charge is 2.30. The number of amides is 1. The van der Waals surface area contributed by atoms with E-state index in [0.29, 0.717) is 6.10 Å². The van der Waals surface area contributed by atoms with E-state index in [4.69, 9.17) is 4.74 Å². The summed E-state index contributed by atoms with van der Waals surface area (Å²) < 4.78 is 5.36. The van der Waals surface area contributed by atoms with E-state index in [1.165, 1.54) is 5.56 Å². The molecule has 1 saturated carbocycles. The molecule has 3 atom stereocenters. The first-order valence-electron chi connectivity index (χ1n) is 7.42. The minimum absolute atomic E-state index is 0.0962. The van der Waals surface area contributed by atoms with Crippen LogP contribution in [0.4, 0.5) is 0 Å². The highest BCUT2D eigenvalue weighted by molar-refractivity contribution is 5.84. The van der Waals surface area contributed by atoms with E-state index in [2.05, 4.69) is 22.8 Å². The largest absolute Gasteiger partial charge is 0.381 e. The molecular formula is C16H22N2O2. The first-order chi connectivity index (χ1) is 9.78. The van der Waals surface area contributed by atoms with Gasteiger partial charge in [0.25, 0.3) is 0 Å². The molecular weight excluding hydrogens is 252 g/mol. The third-order valence-corrected chi connectivity index (χ3v) is 4.44. The molecule has 108 valence electrons. The minimum Gasteiger partial charge on any atom is -0.381 e. The van der Waals surface area contributed by atoms with Gasteiger partial charge in [-0.25, -0.2) is 0 Å². The molecule has 3 rings (SSSR count). The van der Waals surface area contributed by atoms with Crippen molar-refractivity contribution < 1.29 is 9.53 Å².